The fourth-order valence-electron chi connectivity index (χ4n) is 3.29. The van der Waals surface area contributed by atoms with Gasteiger partial charge >= 0.3 is 0 Å². The predicted molar refractivity (Wildman–Crippen MR) is 97.0 cm³/mol. The normalized spacial score (nSPS) is 13.3. The number of hydrogen-bond acceptors (Lipinski definition) is 3. The van der Waals surface area contributed by atoms with Gasteiger partial charge in [0.15, 0.2) is 6.61 Å². The number of hydrogen-bond donors (Lipinski definition) is 1. The number of amides is 2. The Kier molecular flexibility index (Phi) is 4.74. The molecule has 25 heavy (non-hydrogen) atoms. The molecule has 0 saturated heterocycles. The highest BCUT2D eigenvalue weighted by atomic mass is 16.5. The quantitative estimate of drug-likeness (QED) is 0.931. The summed E-state index contributed by atoms with van der Waals surface area (Å²) in [6.45, 7) is 4.56. The summed E-state index contributed by atoms with van der Waals surface area (Å²) in [7, 11) is 0. The van der Waals surface area contributed by atoms with E-state index in [-0.39, 0.29) is 12.5 Å². The van der Waals surface area contributed by atoms with Gasteiger partial charge in [-0.25, -0.2) is 0 Å². The number of benzene rings is 2. The van der Waals surface area contributed by atoms with Crippen LogP contribution in [0.2, 0.25) is 0 Å². The average molecular weight is 338 g/mol. The van der Waals surface area contributed by atoms with Gasteiger partial charge in [0.2, 0.25) is 5.91 Å². The lowest BCUT2D eigenvalue weighted by molar-refractivity contribution is -0.120. The van der Waals surface area contributed by atoms with Crippen LogP contribution in [-0.2, 0) is 11.2 Å². The van der Waals surface area contributed by atoms with Crippen LogP contribution in [0.5, 0.6) is 5.75 Å². The Bertz CT molecular complexity index is 830. The molecule has 3 rings (SSSR count). The molecule has 0 radical (unpaired) electrons. The van der Waals surface area contributed by atoms with E-state index >= 15 is 0 Å². The molecule has 0 spiro atoms. The van der Waals surface area contributed by atoms with Crippen molar-refractivity contribution >= 4 is 17.5 Å². The van der Waals surface area contributed by atoms with Crippen molar-refractivity contribution in [3.8, 4) is 5.75 Å². The van der Waals surface area contributed by atoms with Crippen molar-refractivity contribution in [3.05, 3.63) is 58.7 Å². The minimum atomic E-state index is -0.460. The molecular formula is C20H22N2O3. The zero-order valence-corrected chi connectivity index (χ0v) is 14.5. The molecular weight excluding hydrogens is 316 g/mol. The lowest BCUT2D eigenvalue weighted by Gasteiger charge is -2.30. The Morgan fingerprint density at radius 1 is 1.20 bits per heavy atom. The number of nitrogens with zero attached hydrogens (tertiary/aromatic N) is 1. The van der Waals surface area contributed by atoms with Gasteiger partial charge in [-0.1, -0.05) is 23.8 Å². The number of rotatable bonds is 4. The Morgan fingerprint density at radius 3 is 2.72 bits per heavy atom. The maximum atomic E-state index is 12.7. The molecule has 5 nitrogen and oxygen atoms in total. The monoisotopic (exact) mass is 338 g/mol. The lowest BCUT2D eigenvalue weighted by atomic mass is 9.96. The smallest absolute Gasteiger partial charge is 0.264 e. The topological polar surface area (TPSA) is 72.6 Å². The van der Waals surface area contributed by atoms with Crippen LogP contribution in [0.3, 0.4) is 0 Å². The molecule has 1 heterocycles. The van der Waals surface area contributed by atoms with Gasteiger partial charge in [-0.2, -0.15) is 0 Å². The molecule has 1 aliphatic rings. The first-order valence-corrected chi connectivity index (χ1v) is 8.39. The second-order valence-electron chi connectivity index (χ2n) is 6.37. The summed E-state index contributed by atoms with van der Waals surface area (Å²) in [5, 5.41) is 0. The van der Waals surface area contributed by atoms with Gasteiger partial charge < -0.3 is 15.4 Å². The standard InChI is InChI=1S/C20H22N2O3/c1-13-8-9-18(14(2)11-13)25-12-19(23)22-10-4-6-15-16(20(21)24)5-3-7-17(15)22/h3,5,7-9,11H,4,6,10,12H2,1-2H3,(H2,21,24). The van der Waals surface area contributed by atoms with Crippen molar-refractivity contribution < 1.29 is 14.3 Å². The van der Waals surface area contributed by atoms with E-state index in [0.717, 1.165) is 35.2 Å². The summed E-state index contributed by atoms with van der Waals surface area (Å²) >= 11 is 0. The minimum Gasteiger partial charge on any atom is -0.483 e. The summed E-state index contributed by atoms with van der Waals surface area (Å²) in [6, 6.07) is 11.2. The molecule has 0 fully saturated rings. The van der Waals surface area contributed by atoms with E-state index in [2.05, 4.69) is 0 Å². The van der Waals surface area contributed by atoms with Crippen molar-refractivity contribution in [1.82, 2.24) is 0 Å². The highest BCUT2D eigenvalue weighted by Gasteiger charge is 2.25. The van der Waals surface area contributed by atoms with Gasteiger partial charge in [0, 0.05) is 17.8 Å². The molecule has 0 saturated carbocycles. The van der Waals surface area contributed by atoms with Crippen LogP contribution in [0, 0.1) is 13.8 Å². The van der Waals surface area contributed by atoms with E-state index in [9.17, 15) is 9.59 Å². The van der Waals surface area contributed by atoms with E-state index in [0.29, 0.717) is 17.9 Å². The number of ether oxygens (including phenoxy) is 1. The fraction of sp³-hybridized carbons (Fsp3) is 0.300. The maximum Gasteiger partial charge on any atom is 0.264 e. The molecule has 0 atom stereocenters. The Labute approximate surface area is 147 Å². The number of carbonyl (C=O) groups is 2. The first-order chi connectivity index (χ1) is 12.0. The second-order valence-corrected chi connectivity index (χ2v) is 6.37. The van der Waals surface area contributed by atoms with Crippen molar-refractivity contribution in [1.29, 1.82) is 0 Å². The molecule has 0 bridgehead atoms. The van der Waals surface area contributed by atoms with E-state index in [1.807, 2.05) is 38.1 Å². The van der Waals surface area contributed by atoms with Gasteiger partial charge in [-0.3, -0.25) is 9.59 Å². The number of anilines is 1. The van der Waals surface area contributed by atoms with Gasteiger partial charge in [0.1, 0.15) is 5.75 Å². The van der Waals surface area contributed by atoms with E-state index in [1.54, 1.807) is 17.0 Å². The molecule has 2 aromatic rings. The summed E-state index contributed by atoms with van der Waals surface area (Å²) in [5.74, 6) is 0.127. The third kappa shape index (κ3) is 3.50. The Balaban J connectivity index is 1.78. The van der Waals surface area contributed by atoms with Crippen LogP contribution >= 0.6 is 0 Å². The Hall–Kier alpha value is -2.82. The predicted octanol–water partition coefficient (Wildman–Crippen LogP) is 2.76. The largest absolute Gasteiger partial charge is 0.483 e. The molecule has 1 aliphatic heterocycles. The van der Waals surface area contributed by atoms with Crippen LogP contribution in [-0.4, -0.2) is 25.0 Å². The number of fused-ring (bicyclic) bond motifs is 1. The van der Waals surface area contributed by atoms with Gasteiger partial charge in [0.25, 0.3) is 5.91 Å². The summed E-state index contributed by atoms with van der Waals surface area (Å²) in [4.78, 5) is 26.0. The van der Waals surface area contributed by atoms with E-state index < -0.39 is 5.91 Å². The fourth-order valence-corrected chi connectivity index (χ4v) is 3.29. The van der Waals surface area contributed by atoms with Crippen LogP contribution in [0.4, 0.5) is 5.69 Å². The third-order valence-electron chi connectivity index (χ3n) is 4.50. The van der Waals surface area contributed by atoms with E-state index in [4.69, 9.17) is 10.5 Å². The number of aryl methyl sites for hydroxylation is 2. The zero-order valence-electron chi connectivity index (χ0n) is 14.5. The lowest BCUT2D eigenvalue weighted by Crippen LogP contribution is -2.39. The van der Waals surface area contributed by atoms with Crippen LogP contribution in [0.15, 0.2) is 36.4 Å². The third-order valence-corrected chi connectivity index (χ3v) is 4.50. The first-order valence-electron chi connectivity index (χ1n) is 8.39. The van der Waals surface area contributed by atoms with Crippen molar-refractivity contribution in [2.45, 2.75) is 26.7 Å². The SMILES string of the molecule is Cc1ccc(OCC(=O)N2CCCc3c(C(N)=O)cccc32)c(C)c1. The highest BCUT2D eigenvalue weighted by molar-refractivity contribution is 6.00. The number of carbonyl (C=O) groups excluding carboxylic acids is 2. The van der Waals surface area contributed by atoms with Gasteiger partial charge in [0.05, 0.1) is 0 Å². The summed E-state index contributed by atoms with van der Waals surface area (Å²) < 4.78 is 5.72. The second kappa shape index (κ2) is 6.97. The highest BCUT2D eigenvalue weighted by Crippen LogP contribution is 2.30. The average Bonchev–Trinajstić information content (AvgIpc) is 2.59. The van der Waals surface area contributed by atoms with Crippen LogP contribution < -0.4 is 15.4 Å². The molecule has 5 heteroatoms. The van der Waals surface area contributed by atoms with Crippen molar-refractivity contribution in [3.63, 3.8) is 0 Å². The van der Waals surface area contributed by atoms with Gasteiger partial charge in [-0.15, -0.1) is 0 Å². The molecule has 0 aromatic heterocycles. The van der Waals surface area contributed by atoms with Crippen LogP contribution in [0.1, 0.15) is 33.5 Å². The first kappa shape index (κ1) is 17.0. The minimum absolute atomic E-state index is 0.0376. The summed E-state index contributed by atoms with van der Waals surface area (Å²) in [6.07, 6.45) is 1.54. The van der Waals surface area contributed by atoms with Gasteiger partial charge in [-0.05, 0) is 56.0 Å². The zero-order chi connectivity index (χ0) is 18.0. The molecule has 2 aromatic carbocycles. The van der Waals surface area contributed by atoms with Crippen molar-refractivity contribution in [2.75, 3.05) is 18.1 Å². The molecule has 2 amide bonds. The Morgan fingerprint density at radius 2 is 2.00 bits per heavy atom. The molecule has 0 aliphatic carbocycles. The maximum absolute atomic E-state index is 12.7. The van der Waals surface area contributed by atoms with Crippen molar-refractivity contribution in [2.24, 2.45) is 5.73 Å². The molecule has 0 unspecified atom stereocenters. The van der Waals surface area contributed by atoms with Crippen LogP contribution in [0.25, 0.3) is 0 Å². The summed E-state index contributed by atoms with van der Waals surface area (Å²) in [5.41, 5.74) is 9.71. The molecule has 2 N–H and O–H groups in total. The van der Waals surface area contributed by atoms with E-state index in [1.165, 1.54) is 0 Å². The number of nitrogens with two attached hydrogens (primary N) is 1. The molecule has 130 valence electrons. The number of primary amides is 1.